The molecule has 3 N–H and O–H groups in total. The summed E-state index contributed by atoms with van der Waals surface area (Å²) in [4.78, 5) is 8.42. The summed E-state index contributed by atoms with van der Waals surface area (Å²) >= 11 is 0. The SMILES string of the molecule is CNCCNCc1cccc(-c2cc(C)cc3nc(-c4ccccc4OC)[nH]c23)c1. The molecule has 0 saturated carbocycles. The van der Waals surface area contributed by atoms with Gasteiger partial charge in [-0.05, 0) is 61.0 Å². The summed E-state index contributed by atoms with van der Waals surface area (Å²) in [6.07, 6.45) is 0. The van der Waals surface area contributed by atoms with Crippen molar-refractivity contribution in [2.75, 3.05) is 27.2 Å². The first-order valence-corrected chi connectivity index (χ1v) is 10.3. The van der Waals surface area contributed by atoms with Crippen molar-refractivity contribution in [2.45, 2.75) is 13.5 Å². The number of nitrogens with zero attached hydrogens (tertiary/aromatic N) is 1. The molecule has 0 radical (unpaired) electrons. The molecule has 1 heterocycles. The molecule has 5 heteroatoms. The number of nitrogens with one attached hydrogen (secondary N) is 3. The van der Waals surface area contributed by atoms with Gasteiger partial charge in [-0.3, -0.25) is 0 Å². The van der Waals surface area contributed by atoms with E-state index in [0.29, 0.717) is 0 Å². The Labute approximate surface area is 177 Å². The van der Waals surface area contributed by atoms with Gasteiger partial charge >= 0.3 is 0 Å². The van der Waals surface area contributed by atoms with Gasteiger partial charge in [0.2, 0.25) is 0 Å². The van der Waals surface area contributed by atoms with Crippen LogP contribution in [0.15, 0.2) is 60.7 Å². The molecule has 0 amide bonds. The smallest absolute Gasteiger partial charge is 0.142 e. The predicted molar refractivity (Wildman–Crippen MR) is 124 cm³/mol. The first-order chi connectivity index (χ1) is 14.7. The molecule has 30 heavy (non-hydrogen) atoms. The fraction of sp³-hybridized carbons (Fsp3) is 0.240. The molecule has 4 aromatic rings. The summed E-state index contributed by atoms with van der Waals surface area (Å²) < 4.78 is 5.53. The maximum Gasteiger partial charge on any atom is 0.142 e. The van der Waals surface area contributed by atoms with Gasteiger partial charge in [0.15, 0.2) is 0 Å². The molecule has 1 aromatic heterocycles. The summed E-state index contributed by atoms with van der Waals surface area (Å²) in [5.41, 5.74) is 7.77. The first-order valence-electron chi connectivity index (χ1n) is 10.3. The summed E-state index contributed by atoms with van der Waals surface area (Å²) in [7, 11) is 3.65. The predicted octanol–water partition coefficient (Wildman–Crippen LogP) is 4.52. The lowest BCUT2D eigenvalue weighted by atomic mass is 10.00. The number of benzene rings is 3. The van der Waals surface area contributed by atoms with Crippen molar-refractivity contribution in [1.29, 1.82) is 0 Å². The number of hydrogen-bond donors (Lipinski definition) is 3. The Morgan fingerprint density at radius 3 is 2.67 bits per heavy atom. The monoisotopic (exact) mass is 400 g/mol. The van der Waals surface area contributed by atoms with Crippen molar-refractivity contribution < 1.29 is 4.74 Å². The second kappa shape index (κ2) is 9.11. The zero-order chi connectivity index (χ0) is 20.9. The largest absolute Gasteiger partial charge is 0.496 e. The molecule has 3 aromatic carbocycles. The Hall–Kier alpha value is -3.15. The van der Waals surface area contributed by atoms with E-state index in [2.05, 4.69) is 58.9 Å². The van der Waals surface area contributed by atoms with Crippen LogP contribution in [0.25, 0.3) is 33.5 Å². The summed E-state index contributed by atoms with van der Waals surface area (Å²) in [6, 6.07) is 21.0. The fourth-order valence-corrected chi connectivity index (χ4v) is 3.74. The van der Waals surface area contributed by atoms with Gasteiger partial charge in [0.25, 0.3) is 0 Å². The van der Waals surface area contributed by atoms with Crippen molar-refractivity contribution in [2.24, 2.45) is 0 Å². The van der Waals surface area contributed by atoms with E-state index in [-0.39, 0.29) is 0 Å². The van der Waals surface area contributed by atoms with Crippen LogP contribution in [-0.2, 0) is 6.54 Å². The van der Waals surface area contributed by atoms with Crippen molar-refractivity contribution in [3.05, 3.63) is 71.8 Å². The zero-order valence-electron chi connectivity index (χ0n) is 17.8. The average Bonchev–Trinajstić information content (AvgIpc) is 3.20. The molecule has 154 valence electrons. The number of imidazole rings is 1. The Bertz CT molecular complexity index is 1150. The van der Waals surface area contributed by atoms with E-state index in [0.717, 1.165) is 53.4 Å². The Balaban J connectivity index is 1.74. The van der Waals surface area contributed by atoms with Crippen LogP contribution in [0.1, 0.15) is 11.1 Å². The highest BCUT2D eigenvalue weighted by atomic mass is 16.5. The van der Waals surface area contributed by atoms with Gasteiger partial charge < -0.3 is 20.4 Å². The molecule has 5 nitrogen and oxygen atoms in total. The maximum absolute atomic E-state index is 5.53. The van der Waals surface area contributed by atoms with Gasteiger partial charge in [0.05, 0.1) is 23.7 Å². The number of aromatic nitrogens is 2. The van der Waals surface area contributed by atoms with Gasteiger partial charge in [-0.1, -0.05) is 30.3 Å². The van der Waals surface area contributed by atoms with Crippen LogP contribution < -0.4 is 15.4 Å². The Kier molecular flexibility index (Phi) is 6.12. The van der Waals surface area contributed by atoms with Crippen LogP contribution in [0.4, 0.5) is 0 Å². The van der Waals surface area contributed by atoms with Gasteiger partial charge in [-0.15, -0.1) is 0 Å². The van der Waals surface area contributed by atoms with E-state index in [1.807, 2.05) is 31.3 Å². The molecule has 4 rings (SSSR count). The zero-order valence-corrected chi connectivity index (χ0v) is 17.8. The van der Waals surface area contributed by atoms with Crippen LogP contribution in [0, 0.1) is 6.92 Å². The second-order valence-electron chi connectivity index (χ2n) is 7.47. The third-order valence-electron chi connectivity index (χ3n) is 5.22. The highest BCUT2D eigenvalue weighted by Crippen LogP contribution is 2.34. The number of likely N-dealkylation sites (N-methyl/N-ethyl adjacent to an activating group) is 1. The highest BCUT2D eigenvalue weighted by molar-refractivity contribution is 5.94. The minimum Gasteiger partial charge on any atom is -0.496 e. The van der Waals surface area contributed by atoms with E-state index < -0.39 is 0 Å². The van der Waals surface area contributed by atoms with Crippen molar-refractivity contribution in [3.63, 3.8) is 0 Å². The lowest BCUT2D eigenvalue weighted by Gasteiger charge is -2.09. The quantitative estimate of drug-likeness (QED) is 0.381. The number of rotatable bonds is 8. The minimum atomic E-state index is 0.810. The van der Waals surface area contributed by atoms with E-state index in [1.54, 1.807) is 7.11 Å². The molecular weight excluding hydrogens is 372 g/mol. The van der Waals surface area contributed by atoms with Crippen LogP contribution in [0.3, 0.4) is 0 Å². The number of H-pyrrole nitrogens is 1. The fourth-order valence-electron chi connectivity index (χ4n) is 3.74. The van der Waals surface area contributed by atoms with Crippen LogP contribution >= 0.6 is 0 Å². The minimum absolute atomic E-state index is 0.810. The molecule has 0 spiro atoms. The Morgan fingerprint density at radius 2 is 1.83 bits per heavy atom. The third kappa shape index (κ3) is 4.22. The third-order valence-corrected chi connectivity index (χ3v) is 5.22. The molecule has 0 unspecified atom stereocenters. The number of aryl methyl sites for hydroxylation is 1. The number of para-hydroxylation sites is 1. The Morgan fingerprint density at radius 1 is 0.967 bits per heavy atom. The summed E-state index contributed by atoms with van der Waals surface area (Å²) in [5, 5.41) is 6.63. The molecule has 0 fully saturated rings. The molecular formula is C25H28N4O. The first kappa shape index (κ1) is 20.1. The summed E-state index contributed by atoms with van der Waals surface area (Å²) in [5.74, 6) is 1.63. The lowest BCUT2D eigenvalue weighted by molar-refractivity contribution is 0.416. The maximum atomic E-state index is 5.53. The molecule has 0 aliphatic heterocycles. The lowest BCUT2D eigenvalue weighted by Crippen LogP contribution is -2.24. The van der Waals surface area contributed by atoms with E-state index in [9.17, 15) is 0 Å². The van der Waals surface area contributed by atoms with Gasteiger partial charge in [0.1, 0.15) is 11.6 Å². The van der Waals surface area contributed by atoms with Crippen LogP contribution in [-0.4, -0.2) is 37.2 Å². The number of fused-ring (bicyclic) bond motifs is 1. The van der Waals surface area contributed by atoms with Crippen molar-refractivity contribution >= 4 is 11.0 Å². The molecule has 0 atom stereocenters. The van der Waals surface area contributed by atoms with Gasteiger partial charge in [-0.25, -0.2) is 4.98 Å². The van der Waals surface area contributed by atoms with Crippen LogP contribution in [0.5, 0.6) is 5.75 Å². The molecule has 0 aliphatic carbocycles. The van der Waals surface area contributed by atoms with Crippen LogP contribution in [0.2, 0.25) is 0 Å². The number of aromatic amines is 1. The topological polar surface area (TPSA) is 62.0 Å². The van der Waals surface area contributed by atoms with Gasteiger partial charge in [-0.2, -0.15) is 0 Å². The number of hydrogen-bond acceptors (Lipinski definition) is 4. The van der Waals surface area contributed by atoms with E-state index in [1.165, 1.54) is 16.7 Å². The normalized spacial score (nSPS) is 11.2. The summed E-state index contributed by atoms with van der Waals surface area (Å²) in [6.45, 7) is 4.86. The van der Waals surface area contributed by atoms with Crippen molar-refractivity contribution in [1.82, 2.24) is 20.6 Å². The van der Waals surface area contributed by atoms with E-state index >= 15 is 0 Å². The second-order valence-corrected chi connectivity index (χ2v) is 7.47. The van der Waals surface area contributed by atoms with E-state index in [4.69, 9.17) is 9.72 Å². The molecule has 0 saturated heterocycles. The van der Waals surface area contributed by atoms with Crippen molar-refractivity contribution in [3.8, 4) is 28.3 Å². The standard InChI is InChI=1S/C25H28N4O/c1-17-13-21(19-8-6-7-18(15-19)16-27-12-11-26-2)24-22(14-17)28-25(29-24)20-9-4-5-10-23(20)30-3/h4-10,13-15,26-27H,11-12,16H2,1-3H3,(H,28,29). The average molecular weight is 401 g/mol. The number of ether oxygens (including phenoxy) is 1. The molecule has 0 bridgehead atoms. The van der Waals surface area contributed by atoms with Gasteiger partial charge in [0, 0.05) is 25.2 Å². The highest BCUT2D eigenvalue weighted by Gasteiger charge is 2.14. The number of methoxy groups -OCH3 is 1. The molecule has 0 aliphatic rings.